The molecule has 0 unspecified atom stereocenters. The van der Waals surface area contributed by atoms with Gasteiger partial charge < -0.3 is 8.98 Å². The maximum atomic E-state index is 6.58. The second-order valence-electron chi connectivity index (χ2n) is 10.2. The Morgan fingerprint density at radius 1 is 0.400 bits per heavy atom. The molecule has 40 heavy (non-hydrogen) atoms. The molecule has 2 nitrogen and oxygen atoms in total. The van der Waals surface area contributed by atoms with Crippen molar-refractivity contribution in [3.63, 3.8) is 0 Å². The summed E-state index contributed by atoms with van der Waals surface area (Å²) in [5, 5.41) is 3.67. The molecule has 188 valence electrons. The van der Waals surface area contributed by atoms with Gasteiger partial charge in [-0.2, -0.15) is 0 Å². The molecule has 8 rings (SSSR count). The van der Waals surface area contributed by atoms with E-state index in [0.29, 0.717) is 0 Å². The first kappa shape index (κ1) is 22.6. The van der Waals surface area contributed by atoms with Gasteiger partial charge in [-0.1, -0.05) is 115 Å². The fraction of sp³-hybridized carbons (Fsp3) is 0. The average Bonchev–Trinajstić information content (AvgIpc) is 3.58. The van der Waals surface area contributed by atoms with Gasteiger partial charge in [0.25, 0.3) is 0 Å². The molecule has 0 aliphatic carbocycles. The smallest absolute Gasteiger partial charge is 0.143 e. The zero-order valence-corrected chi connectivity index (χ0v) is 21.8. The topological polar surface area (TPSA) is 18.1 Å². The average molecular weight is 512 g/mol. The molecule has 0 fully saturated rings. The molecule has 0 aliphatic heterocycles. The first-order chi connectivity index (χ1) is 19.8. The van der Waals surface area contributed by atoms with Gasteiger partial charge in [0.2, 0.25) is 0 Å². The van der Waals surface area contributed by atoms with Crippen LogP contribution in [0.3, 0.4) is 0 Å². The summed E-state index contributed by atoms with van der Waals surface area (Å²) in [6, 6.07) is 53.5. The maximum absolute atomic E-state index is 6.58. The fourth-order valence-electron chi connectivity index (χ4n) is 5.96. The van der Waals surface area contributed by atoms with Crippen molar-refractivity contribution in [2.24, 2.45) is 0 Å². The van der Waals surface area contributed by atoms with Crippen LogP contribution in [0.25, 0.3) is 72.0 Å². The van der Waals surface area contributed by atoms with Gasteiger partial charge in [-0.25, -0.2) is 0 Å². The summed E-state index contributed by atoms with van der Waals surface area (Å²) >= 11 is 0. The molecule has 2 heteroatoms. The summed E-state index contributed by atoms with van der Waals surface area (Å²) in [5.74, 6) is 0.903. The van der Waals surface area contributed by atoms with Crippen LogP contribution in [0.1, 0.15) is 0 Å². The van der Waals surface area contributed by atoms with Crippen molar-refractivity contribution in [2.45, 2.75) is 0 Å². The third-order valence-corrected chi connectivity index (χ3v) is 7.83. The molecular weight excluding hydrogens is 486 g/mol. The van der Waals surface area contributed by atoms with E-state index >= 15 is 0 Å². The number of nitrogens with zero attached hydrogens (tertiary/aromatic N) is 1. The molecule has 0 N–H and O–H groups in total. The van der Waals surface area contributed by atoms with Crippen molar-refractivity contribution in [3.05, 3.63) is 152 Å². The molecule has 0 spiro atoms. The Morgan fingerprint density at radius 3 is 1.60 bits per heavy atom. The first-order valence-corrected chi connectivity index (χ1v) is 13.6. The minimum atomic E-state index is 0.890. The van der Waals surface area contributed by atoms with Crippen LogP contribution in [-0.4, -0.2) is 4.57 Å². The summed E-state index contributed by atoms with van der Waals surface area (Å²) in [4.78, 5) is 0. The van der Waals surface area contributed by atoms with Crippen LogP contribution in [0.15, 0.2) is 156 Å². The van der Waals surface area contributed by atoms with Crippen LogP contribution in [0.4, 0.5) is 0 Å². The maximum Gasteiger partial charge on any atom is 0.143 e. The van der Waals surface area contributed by atoms with Crippen molar-refractivity contribution in [2.75, 3.05) is 0 Å². The summed E-state index contributed by atoms with van der Waals surface area (Å²) in [6.45, 7) is 0. The third-order valence-electron chi connectivity index (χ3n) is 7.83. The molecule has 0 atom stereocenters. The fourth-order valence-corrected chi connectivity index (χ4v) is 5.96. The molecule has 0 amide bonds. The second-order valence-corrected chi connectivity index (χ2v) is 10.2. The highest BCUT2D eigenvalue weighted by atomic mass is 16.3. The number of para-hydroxylation sites is 2. The minimum absolute atomic E-state index is 0.890. The molecule has 0 saturated carbocycles. The van der Waals surface area contributed by atoms with Gasteiger partial charge in [-0.15, -0.1) is 0 Å². The van der Waals surface area contributed by atoms with Gasteiger partial charge in [-0.3, -0.25) is 0 Å². The Morgan fingerprint density at radius 2 is 0.950 bits per heavy atom. The van der Waals surface area contributed by atoms with Gasteiger partial charge in [0.1, 0.15) is 11.3 Å². The number of furan rings is 1. The van der Waals surface area contributed by atoms with Crippen LogP contribution in [0.2, 0.25) is 0 Å². The summed E-state index contributed by atoms with van der Waals surface area (Å²) in [7, 11) is 0. The highest BCUT2D eigenvalue weighted by Gasteiger charge is 2.18. The van der Waals surface area contributed by atoms with Crippen molar-refractivity contribution < 1.29 is 4.42 Å². The van der Waals surface area contributed by atoms with E-state index in [2.05, 4.69) is 150 Å². The lowest BCUT2D eigenvalue weighted by atomic mass is 9.97. The lowest BCUT2D eigenvalue weighted by Gasteiger charge is -2.09. The van der Waals surface area contributed by atoms with Crippen LogP contribution in [-0.2, 0) is 0 Å². The van der Waals surface area contributed by atoms with E-state index in [1.807, 2.05) is 6.07 Å². The Kier molecular flexibility index (Phi) is 5.17. The largest absolute Gasteiger partial charge is 0.455 e. The molecule has 0 saturated heterocycles. The molecule has 0 bridgehead atoms. The van der Waals surface area contributed by atoms with Crippen molar-refractivity contribution in [1.82, 2.24) is 4.57 Å². The van der Waals surface area contributed by atoms with Crippen LogP contribution in [0.5, 0.6) is 0 Å². The Bertz CT molecular complexity index is 2080. The van der Waals surface area contributed by atoms with Crippen LogP contribution >= 0.6 is 0 Å². The van der Waals surface area contributed by atoms with Crippen molar-refractivity contribution in [1.29, 1.82) is 0 Å². The summed E-state index contributed by atoms with van der Waals surface area (Å²) < 4.78 is 8.93. The van der Waals surface area contributed by atoms with Crippen molar-refractivity contribution >= 4 is 32.8 Å². The number of hydrogen-bond acceptors (Lipinski definition) is 1. The summed E-state index contributed by atoms with van der Waals surface area (Å²) in [5.41, 5.74) is 10.1. The molecule has 2 aromatic heterocycles. The number of benzene rings is 6. The standard InChI is InChI=1S/C38H25NO/c1-3-11-27(12-4-1)37-33-24-21-29(25-36(33)40-38(37)28-13-5-2-6-14-28)26-19-22-30(23-20-26)39-34-17-9-7-15-31(34)32-16-8-10-18-35(32)39/h1-25H. The monoisotopic (exact) mass is 511 g/mol. The normalized spacial score (nSPS) is 11.5. The lowest BCUT2D eigenvalue weighted by molar-refractivity contribution is 0.632. The van der Waals surface area contributed by atoms with Crippen LogP contribution < -0.4 is 0 Å². The number of hydrogen-bond donors (Lipinski definition) is 0. The van der Waals surface area contributed by atoms with Gasteiger partial charge in [0.05, 0.1) is 11.0 Å². The lowest BCUT2D eigenvalue weighted by Crippen LogP contribution is -1.93. The molecule has 2 heterocycles. The highest BCUT2D eigenvalue weighted by molar-refractivity contribution is 6.09. The SMILES string of the molecule is c1ccc(-c2oc3cc(-c4ccc(-n5c6ccccc6c6ccccc65)cc4)ccc3c2-c2ccccc2)cc1. The second kappa shape index (κ2) is 9.14. The molecule has 6 aromatic carbocycles. The van der Waals surface area contributed by atoms with E-state index in [9.17, 15) is 0 Å². The number of rotatable bonds is 4. The highest BCUT2D eigenvalue weighted by Crippen LogP contribution is 2.42. The molecule has 0 radical (unpaired) electrons. The van der Waals surface area contributed by atoms with Gasteiger partial charge in [-0.05, 0) is 53.1 Å². The van der Waals surface area contributed by atoms with Crippen molar-refractivity contribution in [3.8, 4) is 39.3 Å². The number of aromatic nitrogens is 1. The van der Waals surface area contributed by atoms with E-state index < -0.39 is 0 Å². The number of fused-ring (bicyclic) bond motifs is 4. The Balaban J connectivity index is 1.24. The zero-order valence-electron chi connectivity index (χ0n) is 21.8. The van der Waals surface area contributed by atoms with E-state index in [-0.39, 0.29) is 0 Å². The predicted molar refractivity (Wildman–Crippen MR) is 167 cm³/mol. The van der Waals surface area contributed by atoms with E-state index in [1.165, 1.54) is 21.8 Å². The molecule has 8 aromatic rings. The Hall–Kier alpha value is -5.34. The van der Waals surface area contributed by atoms with Gasteiger partial charge in [0, 0.05) is 33.0 Å². The molecule has 0 aliphatic rings. The predicted octanol–water partition coefficient (Wildman–Crippen LogP) is 10.5. The van der Waals surface area contributed by atoms with E-state index in [1.54, 1.807) is 0 Å². The van der Waals surface area contributed by atoms with E-state index in [4.69, 9.17) is 4.42 Å². The first-order valence-electron chi connectivity index (χ1n) is 13.6. The summed E-state index contributed by atoms with van der Waals surface area (Å²) in [6.07, 6.45) is 0. The van der Waals surface area contributed by atoms with Crippen LogP contribution in [0, 0.1) is 0 Å². The zero-order chi connectivity index (χ0) is 26.5. The quantitative estimate of drug-likeness (QED) is 0.230. The minimum Gasteiger partial charge on any atom is -0.455 e. The third kappa shape index (κ3) is 3.58. The van der Waals surface area contributed by atoms with Gasteiger partial charge >= 0.3 is 0 Å². The van der Waals surface area contributed by atoms with Gasteiger partial charge in [0.15, 0.2) is 0 Å². The van der Waals surface area contributed by atoms with E-state index in [0.717, 1.165) is 50.2 Å². The Labute approximate surface area is 232 Å². The molecular formula is C38H25NO.